The summed E-state index contributed by atoms with van der Waals surface area (Å²) < 4.78 is 0. The highest BCUT2D eigenvalue weighted by Gasteiger charge is 2.22. The van der Waals surface area contributed by atoms with Crippen LogP contribution < -0.4 is 5.32 Å². The van der Waals surface area contributed by atoms with E-state index in [1.807, 2.05) is 31.2 Å². The number of rotatable bonds is 5. The number of nitrogens with one attached hydrogen (secondary N) is 1. The molecule has 0 aliphatic carbocycles. The lowest BCUT2D eigenvalue weighted by molar-refractivity contribution is -0.135. The SMILES string of the molecule is C=CCN(C(C)=O)C(C)C(=O)Nc1ccccc1C. The summed E-state index contributed by atoms with van der Waals surface area (Å²) in [4.78, 5) is 25.1. The number of carbonyl (C=O) groups excluding carboxylic acids is 2. The minimum Gasteiger partial charge on any atom is -0.327 e. The van der Waals surface area contributed by atoms with Gasteiger partial charge in [-0.3, -0.25) is 9.59 Å². The molecule has 1 unspecified atom stereocenters. The van der Waals surface area contributed by atoms with E-state index >= 15 is 0 Å². The van der Waals surface area contributed by atoms with E-state index in [9.17, 15) is 9.59 Å². The molecule has 0 bridgehead atoms. The Labute approximate surface area is 114 Å². The minimum atomic E-state index is -0.532. The quantitative estimate of drug-likeness (QED) is 0.826. The van der Waals surface area contributed by atoms with Crippen LogP contribution in [0.15, 0.2) is 36.9 Å². The molecule has 0 radical (unpaired) electrons. The first-order chi connectivity index (χ1) is 8.97. The molecule has 0 fully saturated rings. The van der Waals surface area contributed by atoms with E-state index in [0.29, 0.717) is 6.54 Å². The average Bonchev–Trinajstić information content (AvgIpc) is 2.37. The standard InChI is InChI=1S/C15H20N2O2/c1-5-10-17(13(4)18)12(3)15(19)16-14-9-7-6-8-11(14)2/h5-9,12H,1,10H2,2-4H3,(H,16,19). The van der Waals surface area contributed by atoms with Gasteiger partial charge in [0, 0.05) is 19.2 Å². The van der Waals surface area contributed by atoms with Gasteiger partial charge in [0.2, 0.25) is 11.8 Å². The van der Waals surface area contributed by atoms with Crippen molar-refractivity contribution >= 4 is 17.5 Å². The number of anilines is 1. The van der Waals surface area contributed by atoms with E-state index in [1.54, 1.807) is 13.0 Å². The van der Waals surface area contributed by atoms with Gasteiger partial charge in [-0.2, -0.15) is 0 Å². The lowest BCUT2D eigenvalue weighted by Gasteiger charge is -2.26. The van der Waals surface area contributed by atoms with Gasteiger partial charge in [-0.05, 0) is 25.5 Å². The molecule has 4 heteroatoms. The molecule has 2 amide bonds. The highest BCUT2D eigenvalue weighted by atomic mass is 16.2. The van der Waals surface area contributed by atoms with Gasteiger partial charge in [0.15, 0.2) is 0 Å². The van der Waals surface area contributed by atoms with Gasteiger partial charge in [0.25, 0.3) is 0 Å². The van der Waals surface area contributed by atoms with Crippen LogP contribution in [0.25, 0.3) is 0 Å². The van der Waals surface area contributed by atoms with Crippen LogP contribution in [0.2, 0.25) is 0 Å². The van der Waals surface area contributed by atoms with Crippen LogP contribution in [-0.2, 0) is 9.59 Å². The Morgan fingerprint density at radius 3 is 2.58 bits per heavy atom. The van der Waals surface area contributed by atoms with Gasteiger partial charge in [0.1, 0.15) is 6.04 Å². The Hall–Kier alpha value is -2.10. The van der Waals surface area contributed by atoms with E-state index in [4.69, 9.17) is 0 Å². The molecule has 1 aromatic carbocycles. The summed E-state index contributed by atoms with van der Waals surface area (Å²) in [6.45, 7) is 9.03. The zero-order valence-corrected chi connectivity index (χ0v) is 11.6. The number of amides is 2. The van der Waals surface area contributed by atoms with Crippen LogP contribution in [0.4, 0.5) is 5.69 Å². The largest absolute Gasteiger partial charge is 0.327 e. The molecule has 1 atom stereocenters. The molecule has 102 valence electrons. The third-order valence-electron chi connectivity index (χ3n) is 2.98. The monoisotopic (exact) mass is 260 g/mol. The summed E-state index contributed by atoms with van der Waals surface area (Å²) in [5, 5.41) is 2.84. The average molecular weight is 260 g/mol. The van der Waals surface area contributed by atoms with E-state index in [-0.39, 0.29) is 11.8 Å². The van der Waals surface area contributed by atoms with Gasteiger partial charge in [-0.25, -0.2) is 0 Å². The van der Waals surface area contributed by atoms with Crippen molar-refractivity contribution in [2.75, 3.05) is 11.9 Å². The fourth-order valence-electron chi connectivity index (χ4n) is 1.79. The van der Waals surface area contributed by atoms with Crippen LogP contribution in [0.3, 0.4) is 0 Å². The predicted octanol–water partition coefficient (Wildman–Crippen LogP) is 2.36. The second-order valence-electron chi connectivity index (χ2n) is 4.44. The molecule has 0 aliphatic rings. The zero-order chi connectivity index (χ0) is 14.4. The molecule has 0 aliphatic heterocycles. The van der Waals surface area contributed by atoms with Crippen molar-refractivity contribution < 1.29 is 9.59 Å². The normalized spacial score (nSPS) is 11.5. The number of hydrogen-bond acceptors (Lipinski definition) is 2. The summed E-state index contributed by atoms with van der Waals surface area (Å²) in [5.41, 5.74) is 1.75. The minimum absolute atomic E-state index is 0.146. The molecule has 1 aromatic rings. The maximum atomic E-state index is 12.1. The molecular formula is C15H20N2O2. The van der Waals surface area contributed by atoms with Crippen molar-refractivity contribution in [3.05, 3.63) is 42.5 Å². The Bertz CT molecular complexity index is 483. The van der Waals surface area contributed by atoms with Crippen molar-refractivity contribution in [2.45, 2.75) is 26.8 Å². The first kappa shape index (κ1) is 15.0. The van der Waals surface area contributed by atoms with E-state index in [1.165, 1.54) is 11.8 Å². The van der Waals surface area contributed by atoms with E-state index < -0.39 is 6.04 Å². The van der Waals surface area contributed by atoms with Crippen molar-refractivity contribution in [3.8, 4) is 0 Å². The maximum absolute atomic E-state index is 12.1. The van der Waals surface area contributed by atoms with Crippen LogP contribution in [-0.4, -0.2) is 29.3 Å². The van der Waals surface area contributed by atoms with Crippen molar-refractivity contribution in [3.63, 3.8) is 0 Å². The second-order valence-corrected chi connectivity index (χ2v) is 4.44. The first-order valence-electron chi connectivity index (χ1n) is 6.22. The van der Waals surface area contributed by atoms with Gasteiger partial charge >= 0.3 is 0 Å². The van der Waals surface area contributed by atoms with Crippen LogP contribution in [0.1, 0.15) is 19.4 Å². The van der Waals surface area contributed by atoms with Crippen molar-refractivity contribution in [2.24, 2.45) is 0 Å². The molecule has 0 spiro atoms. The molecule has 4 nitrogen and oxygen atoms in total. The Kier molecular flexibility index (Phi) is 5.30. The maximum Gasteiger partial charge on any atom is 0.246 e. The topological polar surface area (TPSA) is 49.4 Å². The van der Waals surface area contributed by atoms with E-state index in [0.717, 1.165) is 11.3 Å². The Balaban J connectivity index is 2.79. The number of hydrogen-bond donors (Lipinski definition) is 1. The number of benzene rings is 1. The molecular weight excluding hydrogens is 240 g/mol. The lowest BCUT2D eigenvalue weighted by Crippen LogP contribution is -2.44. The Morgan fingerprint density at radius 1 is 1.42 bits per heavy atom. The van der Waals surface area contributed by atoms with E-state index in [2.05, 4.69) is 11.9 Å². The molecule has 0 saturated heterocycles. The highest BCUT2D eigenvalue weighted by molar-refractivity contribution is 5.97. The molecule has 19 heavy (non-hydrogen) atoms. The van der Waals surface area contributed by atoms with Gasteiger partial charge in [-0.15, -0.1) is 6.58 Å². The summed E-state index contributed by atoms with van der Waals surface area (Å²) in [7, 11) is 0. The number of nitrogens with zero attached hydrogens (tertiary/aromatic N) is 1. The molecule has 1 N–H and O–H groups in total. The number of carbonyl (C=O) groups is 2. The van der Waals surface area contributed by atoms with Gasteiger partial charge in [-0.1, -0.05) is 24.3 Å². The molecule has 0 heterocycles. The fraction of sp³-hybridized carbons (Fsp3) is 0.333. The van der Waals surface area contributed by atoms with Crippen molar-refractivity contribution in [1.29, 1.82) is 0 Å². The summed E-state index contributed by atoms with van der Waals surface area (Å²) in [6, 6.07) is 7.00. The van der Waals surface area contributed by atoms with Gasteiger partial charge in [0.05, 0.1) is 0 Å². The smallest absolute Gasteiger partial charge is 0.246 e. The third kappa shape index (κ3) is 3.95. The Morgan fingerprint density at radius 2 is 2.05 bits per heavy atom. The number of para-hydroxylation sites is 1. The van der Waals surface area contributed by atoms with Crippen molar-refractivity contribution in [1.82, 2.24) is 4.90 Å². The van der Waals surface area contributed by atoms with Crippen LogP contribution in [0, 0.1) is 6.92 Å². The van der Waals surface area contributed by atoms with Crippen LogP contribution >= 0.6 is 0 Å². The van der Waals surface area contributed by atoms with Crippen LogP contribution in [0.5, 0.6) is 0 Å². The molecule has 0 aromatic heterocycles. The fourth-order valence-corrected chi connectivity index (χ4v) is 1.79. The highest BCUT2D eigenvalue weighted by Crippen LogP contribution is 2.14. The summed E-state index contributed by atoms with van der Waals surface area (Å²) in [6.07, 6.45) is 1.61. The molecule has 0 saturated carbocycles. The third-order valence-corrected chi connectivity index (χ3v) is 2.98. The number of aryl methyl sites for hydroxylation is 1. The summed E-state index contributed by atoms with van der Waals surface area (Å²) >= 11 is 0. The lowest BCUT2D eigenvalue weighted by atomic mass is 10.2. The molecule has 1 rings (SSSR count). The predicted molar refractivity (Wildman–Crippen MR) is 76.9 cm³/mol. The zero-order valence-electron chi connectivity index (χ0n) is 11.6. The second kappa shape index (κ2) is 6.73. The first-order valence-corrected chi connectivity index (χ1v) is 6.22. The van der Waals surface area contributed by atoms with Gasteiger partial charge < -0.3 is 10.2 Å². The summed E-state index contributed by atoms with van der Waals surface area (Å²) in [5.74, 6) is -0.348.